The summed E-state index contributed by atoms with van der Waals surface area (Å²) in [6.45, 7) is 3.48. The van der Waals surface area contributed by atoms with Gasteiger partial charge in [0.1, 0.15) is 4.90 Å². The van der Waals surface area contributed by atoms with Gasteiger partial charge in [-0.05, 0) is 19.1 Å². The van der Waals surface area contributed by atoms with Crippen molar-refractivity contribution in [2.24, 2.45) is 5.73 Å². The van der Waals surface area contributed by atoms with Crippen LogP contribution in [0.1, 0.15) is 13.8 Å². The Balaban J connectivity index is 3.11. The number of amides is 1. The van der Waals surface area contributed by atoms with Crippen molar-refractivity contribution in [3.05, 3.63) is 24.3 Å². The Morgan fingerprint density at radius 1 is 1.39 bits per heavy atom. The lowest BCUT2D eigenvalue weighted by molar-refractivity contribution is -0.117. The van der Waals surface area contributed by atoms with E-state index < -0.39 is 22.0 Å². The molecule has 100 valence electrons. The number of benzene rings is 1. The smallest absolute Gasteiger partial charge is 0.242 e. The molecule has 0 fully saturated rings. The average Bonchev–Trinajstić information content (AvgIpc) is 2.29. The third kappa shape index (κ3) is 3.52. The molecule has 0 saturated heterocycles. The number of carbonyl (C=O) groups excluding carboxylic acids is 1. The highest BCUT2D eigenvalue weighted by atomic mass is 32.2. The third-order valence-corrected chi connectivity index (χ3v) is 3.79. The van der Waals surface area contributed by atoms with E-state index in [4.69, 9.17) is 5.73 Å². The van der Waals surface area contributed by atoms with Crippen molar-refractivity contribution in [1.29, 1.82) is 0 Å². The van der Waals surface area contributed by atoms with E-state index >= 15 is 0 Å². The number of sulfonamides is 1. The summed E-state index contributed by atoms with van der Waals surface area (Å²) in [4.78, 5) is 11.5. The summed E-state index contributed by atoms with van der Waals surface area (Å²) < 4.78 is 26.2. The lowest BCUT2D eigenvalue weighted by atomic mass is 10.3. The summed E-state index contributed by atoms with van der Waals surface area (Å²) in [5, 5.41) is 2.49. The first kappa shape index (κ1) is 14.6. The van der Waals surface area contributed by atoms with Crippen LogP contribution in [0.2, 0.25) is 0 Å². The number of hydrogen-bond donors (Lipinski definition) is 3. The van der Waals surface area contributed by atoms with Crippen LogP contribution in [0.5, 0.6) is 0 Å². The van der Waals surface area contributed by atoms with Crippen molar-refractivity contribution >= 4 is 21.6 Å². The normalized spacial score (nSPS) is 13.1. The van der Waals surface area contributed by atoms with Gasteiger partial charge in [0.2, 0.25) is 15.9 Å². The van der Waals surface area contributed by atoms with Crippen LogP contribution in [0.3, 0.4) is 0 Å². The largest absolute Gasteiger partial charge is 0.324 e. The lowest BCUT2D eigenvalue weighted by Crippen LogP contribution is -2.33. The SMILES string of the molecule is CCNS(=O)(=O)c1ccccc1NC(=O)C(C)N. The second kappa shape index (κ2) is 5.94. The Labute approximate surface area is 107 Å². The van der Waals surface area contributed by atoms with E-state index in [0.717, 1.165) is 0 Å². The topological polar surface area (TPSA) is 101 Å². The van der Waals surface area contributed by atoms with Crippen LogP contribution in [-0.4, -0.2) is 26.9 Å². The van der Waals surface area contributed by atoms with Crippen LogP contribution in [0.4, 0.5) is 5.69 Å². The molecule has 0 aliphatic carbocycles. The molecule has 0 saturated carbocycles. The molecule has 1 amide bonds. The standard InChI is InChI=1S/C11H17N3O3S/c1-3-13-18(16,17)10-7-5-4-6-9(10)14-11(15)8(2)12/h4-8,13H,3,12H2,1-2H3,(H,14,15). The number of nitrogens with two attached hydrogens (primary N) is 1. The van der Waals surface area contributed by atoms with Gasteiger partial charge in [0.05, 0.1) is 11.7 Å². The zero-order valence-electron chi connectivity index (χ0n) is 10.3. The molecule has 1 atom stereocenters. The summed E-state index contributed by atoms with van der Waals surface area (Å²) in [5.74, 6) is -0.436. The average molecular weight is 271 g/mol. The third-order valence-electron chi connectivity index (χ3n) is 2.18. The van der Waals surface area contributed by atoms with Gasteiger partial charge in [-0.3, -0.25) is 4.79 Å². The van der Waals surface area contributed by atoms with Crippen molar-refractivity contribution < 1.29 is 13.2 Å². The highest BCUT2D eigenvalue weighted by Gasteiger charge is 2.19. The zero-order chi connectivity index (χ0) is 13.8. The van der Waals surface area contributed by atoms with Crippen molar-refractivity contribution in [3.63, 3.8) is 0 Å². The maximum atomic E-state index is 11.9. The fraction of sp³-hybridized carbons (Fsp3) is 0.364. The van der Waals surface area contributed by atoms with Crippen LogP contribution in [-0.2, 0) is 14.8 Å². The van der Waals surface area contributed by atoms with E-state index in [1.807, 2.05) is 0 Å². The minimum atomic E-state index is -3.62. The van der Waals surface area contributed by atoms with E-state index in [0.29, 0.717) is 0 Å². The number of para-hydroxylation sites is 1. The van der Waals surface area contributed by atoms with Crippen molar-refractivity contribution in [2.45, 2.75) is 24.8 Å². The van der Waals surface area contributed by atoms with Crippen molar-refractivity contribution in [3.8, 4) is 0 Å². The maximum Gasteiger partial charge on any atom is 0.242 e. The van der Waals surface area contributed by atoms with Gasteiger partial charge >= 0.3 is 0 Å². The van der Waals surface area contributed by atoms with E-state index in [9.17, 15) is 13.2 Å². The Bertz CT molecular complexity index is 526. The summed E-state index contributed by atoms with van der Waals surface area (Å²) in [6, 6.07) is 5.46. The van der Waals surface area contributed by atoms with Gasteiger partial charge in [0, 0.05) is 6.54 Å². The van der Waals surface area contributed by atoms with Crippen LogP contribution in [0, 0.1) is 0 Å². The summed E-state index contributed by atoms with van der Waals surface area (Å²) >= 11 is 0. The summed E-state index contributed by atoms with van der Waals surface area (Å²) in [6.07, 6.45) is 0. The molecule has 1 rings (SSSR count). The molecule has 18 heavy (non-hydrogen) atoms. The molecule has 0 bridgehead atoms. The van der Waals surface area contributed by atoms with Gasteiger partial charge in [-0.1, -0.05) is 19.1 Å². The summed E-state index contributed by atoms with van der Waals surface area (Å²) in [7, 11) is -3.62. The molecule has 1 aromatic rings. The fourth-order valence-electron chi connectivity index (χ4n) is 1.32. The molecular weight excluding hydrogens is 254 g/mol. The molecule has 7 heteroatoms. The highest BCUT2D eigenvalue weighted by Crippen LogP contribution is 2.20. The number of nitrogens with one attached hydrogen (secondary N) is 2. The number of carbonyl (C=O) groups is 1. The Morgan fingerprint density at radius 2 is 2.00 bits per heavy atom. The molecule has 0 radical (unpaired) electrons. The second-order valence-electron chi connectivity index (χ2n) is 3.78. The lowest BCUT2D eigenvalue weighted by Gasteiger charge is -2.12. The molecule has 0 aliphatic rings. The van der Waals surface area contributed by atoms with E-state index in [-0.39, 0.29) is 17.1 Å². The van der Waals surface area contributed by atoms with Crippen LogP contribution in [0.15, 0.2) is 29.2 Å². The van der Waals surface area contributed by atoms with Crippen LogP contribution < -0.4 is 15.8 Å². The Kier molecular flexibility index (Phi) is 4.83. The van der Waals surface area contributed by atoms with Gasteiger partial charge in [0.25, 0.3) is 0 Å². The molecule has 0 heterocycles. The van der Waals surface area contributed by atoms with Gasteiger partial charge in [0.15, 0.2) is 0 Å². The number of anilines is 1. The minimum absolute atomic E-state index is 0.0286. The van der Waals surface area contributed by atoms with Gasteiger partial charge in [-0.2, -0.15) is 0 Å². The molecule has 6 nitrogen and oxygen atoms in total. The van der Waals surface area contributed by atoms with Crippen LogP contribution in [0.25, 0.3) is 0 Å². The molecule has 1 unspecified atom stereocenters. The molecule has 0 aliphatic heterocycles. The Hall–Kier alpha value is -1.44. The monoisotopic (exact) mass is 271 g/mol. The minimum Gasteiger partial charge on any atom is -0.324 e. The van der Waals surface area contributed by atoms with Crippen molar-refractivity contribution in [1.82, 2.24) is 4.72 Å². The van der Waals surface area contributed by atoms with Gasteiger partial charge in [-0.15, -0.1) is 0 Å². The molecule has 4 N–H and O–H groups in total. The predicted octanol–water partition coefficient (Wildman–Crippen LogP) is 0.271. The molecular formula is C11H17N3O3S. The predicted molar refractivity (Wildman–Crippen MR) is 69.6 cm³/mol. The second-order valence-corrected chi connectivity index (χ2v) is 5.51. The number of hydrogen-bond acceptors (Lipinski definition) is 4. The maximum absolute atomic E-state index is 11.9. The first-order chi connectivity index (χ1) is 8.38. The van der Waals surface area contributed by atoms with Crippen molar-refractivity contribution in [2.75, 3.05) is 11.9 Å². The van der Waals surface area contributed by atoms with Gasteiger partial charge in [-0.25, -0.2) is 13.1 Å². The van der Waals surface area contributed by atoms with Gasteiger partial charge < -0.3 is 11.1 Å². The summed E-state index contributed by atoms with van der Waals surface area (Å²) in [5.41, 5.74) is 5.65. The van der Waals surface area contributed by atoms with E-state index in [2.05, 4.69) is 10.0 Å². The first-order valence-corrected chi connectivity index (χ1v) is 7.02. The molecule has 0 spiro atoms. The quantitative estimate of drug-likeness (QED) is 0.715. The number of rotatable bonds is 5. The van der Waals surface area contributed by atoms with E-state index in [1.54, 1.807) is 19.1 Å². The zero-order valence-corrected chi connectivity index (χ0v) is 11.1. The van der Waals surface area contributed by atoms with Crippen LogP contribution >= 0.6 is 0 Å². The molecule has 1 aromatic carbocycles. The van der Waals surface area contributed by atoms with E-state index in [1.165, 1.54) is 19.1 Å². The first-order valence-electron chi connectivity index (χ1n) is 5.53. The molecule has 0 aromatic heterocycles. The Morgan fingerprint density at radius 3 is 2.56 bits per heavy atom. The fourth-order valence-corrected chi connectivity index (χ4v) is 2.52. The highest BCUT2D eigenvalue weighted by molar-refractivity contribution is 7.89.